The average molecular weight is 692 g/mol. The number of aryl methyl sites for hydroxylation is 2. The van der Waals surface area contributed by atoms with Gasteiger partial charge in [0.05, 0.1) is 18.0 Å². The lowest BCUT2D eigenvalue weighted by molar-refractivity contribution is -0.139. The number of nitrogens with one attached hydrogen (secondary N) is 1. The first-order chi connectivity index (χ1) is 22.0. The number of alkyl halides is 3. The van der Waals surface area contributed by atoms with Crippen molar-refractivity contribution in [1.82, 2.24) is 14.8 Å². The summed E-state index contributed by atoms with van der Waals surface area (Å²) in [5.74, 6) is -2.53. The molecule has 1 unspecified atom stereocenters. The number of amides is 1. The van der Waals surface area contributed by atoms with Crippen molar-refractivity contribution in [1.29, 1.82) is 0 Å². The van der Waals surface area contributed by atoms with Gasteiger partial charge < -0.3 is 19.9 Å². The largest absolute Gasteiger partial charge is 0.481 e. The minimum atomic E-state index is -4.78. The van der Waals surface area contributed by atoms with Crippen molar-refractivity contribution in [2.75, 3.05) is 20.6 Å². The first kappa shape index (κ1) is 38.8. The zero-order valence-corrected chi connectivity index (χ0v) is 29.2. The molecule has 2 N–H and O–H groups in total. The lowest BCUT2D eigenvalue weighted by Crippen LogP contribution is -2.41. The van der Waals surface area contributed by atoms with E-state index in [9.17, 15) is 32.7 Å². The van der Waals surface area contributed by atoms with E-state index in [4.69, 9.17) is 0 Å². The quantitative estimate of drug-likeness (QED) is 0.184. The summed E-state index contributed by atoms with van der Waals surface area (Å²) in [7, 11) is 3.42. The van der Waals surface area contributed by atoms with E-state index < -0.39 is 53.5 Å². The molecule has 2 aromatic carbocycles. The highest BCUT2D eigenvalue weighted by atomic mass is 32.1. The fourth-order valence-electron chi connectivity index (χ4n) is 6.13. The molecular weight excluding hydrogens is 646 g/mol. The molecule has 0 spiro atoms. The van der Waals surface area contributed by atoms with E-state index in [1.165, 1.54) is 0 Å². The molecule has 1 aliphatic carbocycles. The third-order valence-corrected chi connectivity index (χ3v) is 8.59. The van der Waals surface area contributed by atoms with E-state index in [1.54, 1.807) is 51.9 Å². The normalized spacial score (nSPS) is 14.5. The van der Waals surface area contributed by atoms with Crippen LogP contribution in [0.5, 0.6) is 0 Å². The third-order valence-electron chi connectivity index (χ3n) is 8.59. The highest BCUT2D eigenvalue weighted by Crippen LogP contribution is 2.46. The number of aromatic nitrogens is 1. The molecular formula is C36H45F4N3O4S. The third kappa shape index (κ3) is 9.28. The van der Waals surface area contributed by atoms with Crippen LogP contribution in [0.15, 0.2) is 47.4 Å². The van der Waals surface area contributed by atoms with Gasteiger partial charge in [-0.3, -0.25) is 14.4 Å². The van der Waals surface area contributed by atoms with Crippen LogP contribution in [0.1, 0.15) is 90.9 Å². The molecule has 12 heteroatoms. The summed E-state index contributed by atoms with van der Waals surface area (Å²) in [5.41, 5.74) is 1.78. The molecule has 2 atom stereocenters. The Morgan fingerprint density at radius 2 is 1.75 bits per heavy atom. The minimum absolute atomic E-state index is 0. The van der Waals surface area contributed by atoms with Crippen LogP contribution in [-0.2, 0) is 22.2 Å². The molecule has 0 aliphatic heterocycles. The predicted molar refractivity (Wildman–Crippen MR) is 183 cm³/mol. The lowest BCUT2D eigenvalue weighted by Gasteiger charge is -2.27. The highest BCUT2D eigenvalue weighted by molar-refractivity contribution is 7.59. The number of nitrogens with zero attached hydrogens (tertiary/aromatic N) is 2. The Morgan fingerprint density at radius 3 is 2.31 bits per heavy atom. The molecule has 7 nitrogen and oxygen atoms in total. The molecule has 4 rings (SSSR count). The van der Waals surface area contributed by atoms with Crippen LogP contribution in [-0.4, -0.2) is 47.1 Å². The number of likely N-dealkylation sites (N-methyl/N-ethyl adjacent to an activating group) is 1. The predicted octanol–water partition coefficient (Wildman–Crippen LogP) is 7.30. The summed E-state index contributed by atoms with van der Waals surface area (Å²) < 4.78 is 58.6. The van der Waals surface area contributed by atoms with Gasteiger partial charge in [-0.25, -0.2) is 4.39 Å². The second kappa shape index (κ2) is 15.7. The standard InChI is InChI=1S/C36H43F4N3O4.H2S/c1-20(2)14-30(43-19-24(12-13-42(5)6)28(17-31(43)44)36(38,39)40)35(47)41-29(18-32(45)46)27-16-25(15-22(4)34(27)37)33-21(3)8-7-9-26(33)23-10-11-23;/h7-9,15-17,19-20,23,29-30H,10-14,18H2,1-6H3,(H,41,47)(H,45,46);1H2/t29-,30?;/m0./s1. The van der Waals surface area contributed by atoms with Crippen LogP contribution in [0.25, 0.3) is 11.1 Å². The van der Waals surface area contributed by atoms with E-state index in [-0.39, 0.29) is 55.5 Å². The number of hydrogen-bond acceptors (Lipinski definition) is 4. The number of carbonyl (C=O) groups is 2. The number of carbonyl (C=O) groups excluding carboxylic acids is 1. The molecule has 1 fully saturated rings. The Bertz CT molecular complexity index is 1700. The lowest BCUT2D eigenvalue weighted by atomic mass is 9.88. The van der Waals surface area contributed by atoms with Crippen molar-refractivity contribution >= 4 is 25.4 Å². The maximum Gasteiger partial charge on any atom is 0.416 e. The Labute approximate surface area is 285 Å². The van der Waals surface area contributed by atoms with Crippen LogP contribution in [0, 0.1) is 25.6 Å². The van der Waals surface area contributed by atoms with E-state index in [2.05, 4.69) is 5.32 Å². The summed E-state index contributed by atoms with van der Waals surface area (Å²) in [6.07, 6.45) is -2.23. The molecule has 48 heavy (non-hydrogen) atoms. The van der Waals surface area contributed by atoms with Gasteiger partial charge in [-0.1, -0.05) is 32.0 Å². The smallest absolute Gasteiger partial charge is 0.416 e. The Kier molecular flexibility index (Phi) is 12.7. The monoisotopic (exact) mass is 691 g/mol. The topological polar surface area (TPSA) is 91.6 Å². The zero-order valence-electron chi connectivity index (χ0n) is 28.2. The summed E-state index contributed by atoms with van der Waals surface area (Å²) in [6.45, 7) is 7.39. The maximum absolute atomic E-state index is 15.9. The van der Waals surface area contributed by atoms with Gasteiger partial charge in [-0.2, -0.15) is 26.7 Å². The van der Waals surface area contributed by atoms with E-state index >= 15 is 4.39 Å². The van der Waals surface area contributed by atoms with Crippen molar-refractivity contribution < 1.29 is 32.3 Å². The van der Waals surface area contributed by atoms with Crippen LogP contribution in [0.2, 0.25) is 0 Å². The fraction of sp³-hybridized carbons (Fsp3) is 0.472. The van der Waals surface area contributed by atoms with Crippen LogP contribution >= 0.6 is 13.5 Å². The first-order valence-electron chi connectivity index (χ1n) is 15.9. The molecule has 1 aliphatic rings. The zero-order chi connectivity index (χ0) is 34.8. The summed E-state index contributed by atoms with van der Waals surface area (Å²) in [4.78, 5) is 40.9. The highest BCUT2D eigenvalue weighted by Gasteiger charge is 2.36. The van der Waals surface area contributed by atoms with E-state index in [0.717, 1.165) is 40.3 Å². The van der Waals surface area contributed by atoms with Gasteiger partial charge in [-0.05, 0) is 111 Å². The summed E-state index contributed by atoms with van der Waals surface area (Å²) in [6, 6.07) is 7.18. The summed E-state index contributed by atoms with van der Waals surface area (Å²) >= 11 is 0. The number of carboxylic acids is 1. The van der Waals surface area contributed by atoms with Crippen molar-refractivity contribution in [3.63, 3.8) is 0 Å². The molecule has 0 saturated heterocycles. The minimum Gasteiger partial charge on any atom is -0.481 e. The summed E-state index contributed by atoms with van der Waals surface area (Å²) in [5, 5.41) is 12.5. The van der Waals surface area contributed by atoms with Gasteiger partial charge in [0, 0.05) is 24.4 Å². The Hall–Kier alpha value is -3.64. The number of aliphatic carboxylic acids is 1. The molecule has 3 aromatic rings. The van der Waals surface area contributed by atoms with Gasteiger partial charge in [0.25, 0.3) is 5.56 Å². The number of carboxylic acid groups (broad SMARTS) is 1. The first-order valence-corrected chi connectivity index (χ1v) is 15.9. The second-order valence-electron chi connectivity index (χ2n) is 13.3. The molecule has 1 heterocycles. The van der Waals surface area contributed by atoms with Gasteiger partial charge in [-0.15, -0.1) is 0 Å². The molecule has 1 amide bonds. The molecule has 0 bridgehead atoms. The van der Waals surface area contributed by atoms with Crippen LogP contribution in [0.4, 0.5) is 17.6 Å². The fourth-order valence-corrected chi connectivity index (χ4v) is 6.13. The molecule has 1 saturated carbocycles. The van der Waals surface area contributed by atoms with Gasteiger partial charge >= 0.3 is 12.1 Å². The molecule has 1 aromatic heterocycles. The van der Waals surface area contributed by atoms with Gasteiger partial charge in [0.1, 0.15) is 11.9 Å². The van der Waals surface area contributed by atoms with Crippen LogP contribution in [0.3, 0.4) is 0 Å². The number of rotatable bonds is 13. The number of benzene rings is 2. The Balaban J connectivity index is 0.00000625. The average Bonchev–Trinajstić information content (AvgIpc) is 3.81. The number of hydrogen-bond donors (Lipinski definition) is 2. The Morgan fingerprint density at radius 1 is 1.08 bits per heavy atom. The van der Waals surface area contributed by atoms with Crippen LogP contribution < -0.4 is 10.9 Å². The number of halogens is 4. The van der Waals surface area contributed by atoms with Crippen molar-refractivity contribution in [3.05, 3.63) is 92.1 Å². The van der Waals surface area contributed by atoms with E-state index in [0.29, 0.717) is 17.5 Å². The van der Waals surface area contributed by atoms with Crippen molar-refractivity contribution in [2.45, 2.75) is 84.0 Å². The van der Waals surface area contributed by atoms with Gasteiger partial charge in [0.2, 0.25) is 5.91 Å². The SMILES string of the molecule is Cc1cc(-c2c(C)cccc2C2CC2)cc([C@H](CC(=O)O)NC(=O)C(CC(C)C)n2cc(CCN(C)C)c(C(F)(F)F)cc2=O)c1F.S. The molecule has 262 valence electrons. The van der Waals surface area contributed by atoms with Crippen molar-refractivity contribution in [3.8, 4) is 11.1 Å². The van der Waals surface area contributed by atoms with Gasteiger partial charge in [0.15, 0.2) is 0 Å². The number of pyridine rings is 1. The molecule has 0 radical (unpaired) electrons. The van der Waals surface area contributed by atoms with E-state index in [1.807, 2.05) is 25.1 Å². The second-order valence-corrected chi connectivity index (χ2v) is 13.3. The maximum atomic E-state index is 15.9. The van der Waals surface area contributed by atoms with Crippen molar-refractivity contribution in [2.24, 2.45) is 5.92 Å².